The quantitative estimate of drug-likeness (QED) is 0.820. The second kappa shape index (κ2) is 4.74. The van der Waals surface area contributed by atoms with E-state index in [4.69, 9.17) is 4.74 Å². The van der Waals surface area contributed by atoms with Gasteiger partial charge >= 0.3 is 5.97 Å². The normalized spacial score (nSPS) is 33.4. The van der Waals surface area contributed by atoms with Crippen molar-refractivity contribution in [1.82, 2.24) is 4.98 Å². The van der Waals surface area contributed by atoms with E-state index in [2.05, 4.69) is 4.98 Å². The van der Waals surface area contributed by atoms with Crippen molar-refractivity contribution in [2.24, 2.45) is 11.8 Å². The van der Waals surface area contributed by atoms with Crippen molar-refractivity contribution >= 4 is 17.3 Å². The summed E-state index contributed by atoms with van der Waals surface area (Å²) >= 11 is 1.47. The smallest absolute Gasteiger partial charge is 0.308 e. The van der Waals surface area contributed by atoms with Gasteiger partial charge in [-0.25, -0.2) is 4.98 Å². The molecule has 0 saturated heterocycles. The fourth-order valence-electron chi connectivity index (χ4n) is 2.60. The van der Waals surface area contributed by atoms with Crippen LogP contribution < -0.4 is 0 Å². The van der Waals surface area contributed by atoms with E-state index in [1.807, 2.05) is 12.3 Å². The number of hydrogen-bond acceptors (Lipinski definition) is 5. The molecule has 1 aliphatic carbocycles. The van der Waals surface area contributed by atoms with Crippen LogP contribution >= 0.6 is 11.3 Å². The number of rotatable bonds is 2. The number of methoxy groups -OCH3 is 1. The third-order valence-corrected chi connectivity index (χ3v) is 4.52. The average Bonchev–Trinajstić information content (AvgIpc) is 2.82. The topological polar surface area (TPSA) is 59.4 Å². The van der Waals surface area contributed by atoms with Crippen LogP contribution in [0.5, 0.6) is 0 Å². The number of thiazole rings is 1. The van der Waals surface area contributed by atoms with Crippen LogP contribution in [-0.2, 0) is 15.1 Å². The first-order chi connectivity index (χ1) is 8.07. The third-order valence-electron chi connectivity index (χ3n) is 3.55. The van der Waals surface area contributed by atoms with Crippen LogP contribution in [0, 0.1) is 11.8 Å². The summed E-state index contributed by atoms with van der Waals surface area (Å²) in [5.41, 5.74) is -0.863. The molecule has 0 aromatic carbocycles. The molecule has 0 aliphatic heterocycles. The Kier molecular flexibility index (Phi) is 3.49. The van der Waals surface area contributed by atoms with E-state index in [9.17, 15) is 9.90 Å². The summed E-state index contributed by atoms with van der Waals surface area (Å²) in [6.07, 6.45) is 3.50. The Morgan fingerprint density at radius 1 is 1.71 bits per heavy atom. The number of carbonyl (C=O) groups is 1. The summed E-state index contributed by atoms with van der Waals surface area (Å²) in [6, 6.07) is 0. The highest BCUT2D eigenvalue weighted by molar-refractivity contribution is 7.09. The van der Waals surface area contributed by atoms with E-state index in [0.717, 1.165) is 5.01 Å². The van der Waals surface area contributed by atoms with E-state index in [0.29, 0.717) is 19.3 Å². The van der Waals surface area contributed by atoms with Gasteiger partial charge in [0.05, 0.1) is 13.0 Å². The molecule has 2 rings (SSSR count). The highest BCUT2D eigenvalue weighted by Gasteiger charge is 2.43. The van der Waals surface area contributed by atoms with E-state index >= 15 is 0 Å². The number of esters is 1. The Hall–Kier alpha value is -0.940. The zero-order valence-corrected chi connectivity index (χ0v) is 10.9. The molecule has 4 nitrogen and oxygen atoms in total. The van der Waals surface area contributed by atoms with Gasteiger partial charge in [-0.2, -0.15) is 0 Å². The number of hydrogen-bond donors (Lipinski definition) is 1. The Labute approximate surface area is 105 Å². The molecule has 1 N–H and O–H groups in total. The van der Waals surface area contributed by atoms with Crippen LogP contribution in [0.25, 0.3) is 0 Å². The summed E-state index contributed by atoms with van der Waals surface area (Å²) in [4.78, 5) is 15.7. The monoisotopic (exact) mass is 255 g/mol. The molecule has 5 heteroatoms. The Bertz CT molecular complexity index is 392. The molecule has 0 radical (unpaired) electrons. The molecule has 94 valence electrons. The van der Waals surface area contributed by atoms with E-state index in [-0.39, 0.29) is 17.8 Å². The molecule has 3 atom stereocenters. The molecule has 1 saturated carbocycles. The lowest BCUT2D eigenvalue weighted by Gasteiger charge is -2.37. The molecule has 17 heavy (non-hydrogen) atoms. The van der Waals surface area contributed by atoms with Crippen molar-refractivity contribution in [3.8, 4) is 0 Å². The second-order valence-corrected chi connectivity index (χ2v) is 5.61. The Balaban J connectivity index is 2.11. The zero-order chi connectivity index (χ0) is 12.5. The molecule has 0 spiro atoms. The number of aromatic nitrogens is 1. The Morgan fingerprint density at radius 2 is 2.47 bits per heavy atom. The molecule has 1 aliphatic rings. The van der Waals surface area contributed by atoms with Crippen molar-refractivity contribution in [2.75, 3.05) is 7.11 Å². The van der Waals surface area contributed by atoms with Crippen molar-refractivity contribution in [3.05, 3.63) is 16.6 Å². The average molecular weight is 255 g/mol. The van der Waals surface area contributed by atoms with Gasteiger partial charge in [-0.1, -0.05) is 6.92 Å². The van der Waals surface area contributed by atoms with Crippen molar-refractivity contribution in [2.45, 2.75) is 31.8 Å². The lowest BCUT2D eigenvalue weighted by atomic mass is 9.72. The van der Waals surface area contributed by atoms with Crippen molar-refractivity contribution in [3.63, 3.8) is 0 Å². The van der Waals surface area contributed by atoms with Gasteiger partial charge in [0.15, 0.2) is 0 Å². The number of ether oxygens (including phenoxy) is 1. The lowest BCUT2D eigenvalue weighted by Crippen LogP contribution is -2.39. The summed E-state index contributed by atoms with van der Waals surface area (Å²) in [5, 5.41) is 13.2. The maximum atomic E-state index is 11.6. The lowest BCUT2D eigenvalue weighted by molar-refractivity contribution is -0.151. The third kappa shape index (κ3) is 2.35. The predicted molar refractivity (Wildman–Crippen MR) is 64.5 cm³/mol. The molecular formula is C12H17NO3S. The standard InChI is InChI=1S/C12H17NO3S/c1-8-7-12(15,11-13-5-6-17-11)4-3-9(8)10(14)16-2/h5-6,8-9,15H,3-4,7H2,1-2H3/t8-,9-,12-/m1/s1. The number of aliphatic hydroxyl groups is 1. The summed E-state index contributed by atoms with van der Waals surface area (Å²) < 4.78 is 4.79. The summed E-state index contributed by atoms with van der Waals surface area (Å²) in [5.74, 6) is -0.149. The fourth-order valence-corrected chi connectivity index (χ4v) is 3.38. The van der Waals surface area contributed by atoms with Crippen LogP contribution in [0.4, 0.5) is 0 Å². The van der Waals surface area contributed by atoms with E-state index < -0.39 is 5.60 Å². The van der Waals surface area contributed by atoms with Crippen molar-refractivity contribution < 1.29 is 14.6 Å². The van der Waals surface area contributed by atoms with E-state index in [1.54, 1.807) is 6.20 Å². The molecule has 1 heterocycles. The van der Waals surface area contributed by atoms with Crippen LogP contribution in [0.1, 0.15) is 31.2 Å². The van der Waals surface area contributed by atoms with Gasteiger partial charge in [0.25, 0.3) is 0 Å². The predicted octanol–water partition coefficient (Wildman–Crippen LogP) is 1.94. The van der Waals surface area contributed by atoms with Crippen LogP contribution in [-0.4, -0.2) is 23.2 Å². The first-order valence-electron chi connectivity index (χ1n) is 5.77. The minimum Gasteiger partial charge on any atom is -0.469 e. The largest absolute Gasteiger partial charge is 0.469 e. The molecule has 1 aromatic heterocycles. The van der Waals surface area contributed by atoms with Gasteiger partial charge in [0, 0.05) is 11.6 Å². The number of carbonyl (C=O) groups excluding carboxylic acids is 1. The summed E-state index contributed by atoms with van der Waals surface area (Å²) in [6.45, 7) is 1.99. The first-order valence-corrected chi connectivity index (χ1v) is 6.65. The minimum atomic E-state index is -0.863. The molecule has 0 amide bonds. The number of nitrogens with zero attached hydrogens (tertiary/aromatic N) is 1. The fraction of sp³-hybridized carbons (Fsp3) is 0.667. The summed E-state index contributed by atoms with van der Waals surface area (Å²) in [7, 11) is 1.41. The maximum absolute atomic E-state index is 11.6. The highest BCUT2D eigenvalue weighted by Crippen LogP contribution is 2.43. The molecule has 1 fully saturated rings. The van der Waals surface area contributed by atoms with Gasteiger partial charge in [-0.15, -0.1) is 11.3 Å². The van der Waals surface area contributed by atoms with Gasteiger partial charge in [0.2, 0.25) is 0 Å². The van der Waals surface area contributed by atoms with Gasteiger partial charge < -0.3 is 9.84 Å². The van der Waals surface area contributed by atoms with Crippen molar-refractivity contribution in [1.29, 1.82) is 0 Å². The first kappa shape index (κ1) is 12.5. The minimum absolute atomic E-state index is 0.0970. The molecule has 1 aromatic rings. The van der Waals surface area contributed by atoms with E-state index in [1.165, 1.54) is 18.4 Å². The Morgan fingerprint density at radius 3 is 3.00 bits per heavy atom. The maximum Gasteiger partial charge on any atom is 0.308 e. The van der Waals surface area contributed by atoms with Crippen LogP contribution in [0.15, 0.2) is 11.6 Å². The highest BCUT2D eigenvalue weighted by atomic mass is 32.1. The van der Waals surface area contributed by atoms with Crippen LogP contribution in [0.3, 0.4) is 0 Å². The van der Waals surface area contributed by atoms with Gasteiger partial charge in [0.1, 0.15) is 10.6 Å². The van der Waals surface area contributed by atoms with Gasteiger partial charge in [-0.05, 0) is 25.2 Å². The molecule has 0 unspecified atom stereocenters. The second-order valence-electron chi connectivity index (χ2n) is 4.72. The molecular weight excluding hydrogens is 238 g/mol. The zero-order valence-electron chi connectivity index (χ0n) is 10.0. The van der Waals surface area contributed by atoms with Gasteiger partial charge in [-0.3, -0.25) is 4.79 Å². The SMILES string of the molecule is COC(=O)[C@@H]1CC[C@](O)(c2nccs2)C[C@H]1C. The van der Waals surface area contributed by atoms with Crippen LogP contribution in [0.2, 0.25) is 0 Å². The molecule has 0 bridgehead atoms.